The fourth-order valence-corrected chi connectivity index (χ4v) is 2.65. The molecule has 1 aliphatic heterocycles. The fraction of sp³-hybridized carbons (Fsp3) is 0.500. The summed E-state index contributed by atoms with van der Waals surface area (Å²) >= 11 is 0. The molecule has 0 spiro atoms. The highest BCUT2D eigenvalue weighted by atomic mass is 16.6. The van der Waals surface area contributed by atoms with Gasteiger partial charge in [0.2, 0.25) is 0 Å². The Morgan fingerprint density at radius 3 is 2.64 bits per heavy atom. The summed E-state index contributed by atoms with van der Waals surface area (Å²) in [6.07, 6.45) is 1.29. The van der Waals surface area contributed by atoms with Crippen molar-refractivity contribution in [1.82, 2.24) is 4.90 Å². The second-order valence-corrected chi connectivity index (χ2v) is 6.90. The number of carboxylic acid groups (broad SMARTS) is 1. The van der Waals surface area contributed by atoms with Crippen LogP contribution in [-0.4, -0.2) is 52.6 Å². The van der Waals surface area contributed by atoms with Crippen LogP contribution in [0.2, 0.25) is 0 Å². The van der Waals surface area contributed by atoms with Crippen LogP contribution in [0.3, 0.4) is 0 Å². The first-order chi connectivity index (χ1) is 11.7. The van der Waals surface area contributed by atoms with E-state index >= 15 is 0 Å². The van der Waals surface area contributed by atoms with Crippen LogP contribution < -0.4 is 4.74 Å². The van der Waals surface area contributed by atoms with Crippen molar-refractivity contribution in [2.24, 2.45) is 0 Å². The zero-order valence-electron chi connectivity index (χ0n) is 14.7. The molecule has 1 fully saturated rings. The van der Waals surface area contributed by atoms with E-state index < -0.39 is 30.2 Å². The van der Waals surface area contributed by atoms with Gasteiger partial charge in [-0.3, -0.25) is 4.79 Å². The van der Waals surface area contributed by atoms with Crippen LogP contribution in [0.5, 0.6) is 5.75 Å². The van der Waals surface area contributed by atoms with E-state index in [0.29, 0.717) is 24.3 Å². The number of aliphatic carboxylic acids is 1. The molecule has 7 heteroatoms. The van der Waals surface area contributed by atoms with Crippen molar-refractivity contribution < 1.29 is 29.0 Å². The molecule has 7 nitrogen and oxygen atoms in total. The first-order valence-corrected chi connectivity index (χ1v) is 8.16. The largest absolute Gasteiger partial charge is 0.482 e. The highest BCUT2D eigenvalue weighted by Gasteiger charge is 2.37. The highest BCUT2D eigenvalue weighted by Crippen LogP contribution is 2.24. The van der Waals surface area contributed by atoms with E-state index in [2.05, 4.69) is 0 Å². The number of carbonyl (C=O) groups is 3. The van der Waals surface area contributed by atoms with E-state index in [9.17, 15) is 14.4 Å². The lowest BCUT2D eigenvalue weighted by molar-refractivity contribution is -0.159. The van der Waals surface area contributed by atoms with Gasteiger partial charge in [0, 0.05) is 12.1 Å². The predicted octanol–water partition coefficient (Wildman–Crippen LogP) is 2.10. The number of amides is 1. The van der Waals surface area contributed by atoms with Gasteiger partial charge in [-0.1, -0.05) is 6.07 Å². The van der Waals surface area contributed by atoms with Gasteiger partial charge in [0.15, 0.2) is 6.61 Å². The molecule has 1 N–H and O–H groups in total. The van der Waals surface area contributed by atoms with Crippen molar-refractivity contribution in [3.8, 4) is 5.75 Å². The second kappa shape index (κ2) is 7.55. The number of benzene rings is 1. The number of hydrogen-bond acceptors (Lipinski definition) is 5. The van der Waals surface area contributed by atoms with Crippen molar-refractivity contribution in [1.29, 1.82) is 0 Å². The molecular weight excluding hydrogens is 326 g/mol. The molecule has 0 aromatic heterocycles. The maximum absolute atomic E-state index is 12.8. The third kappa shape index (κ3) is 5.20. The summed E-state index contributed by atoms with van der Waals surface area (Å²) in [6, 6.07) is 5.68. The SMILES string of the molecule is CC(C)(C)OC(=O)[C@@H]1CCCN1C(=O)c1cccc(OCC(=O)O)c1. The van der Waals surface area contributed by atoms with Gasteiger partial charge in [-0.05, 0) is 51.8 Å². The summed E-state index contributed by atoms with van der Waals surface area (Å²) in [6.45, 7) is 5.35. The lowest BCUT2D eigenvalue weighted by Crippen LogP contribution is -2.43. The summed E-state index contributed by atoms with van der Waals surface area (Å²) in [5, 5.41) is 8.66. The molecule has 136 valence electrons. The number of likely N-dealkylation sites (tertiary alicyclic amines) is 1. The van der Waals surface area contributed by atoms with Gasteiger partial charge < -0.3 is 19.5 Å². The maximum atomic E-state index is 12.8. The zero-order valence-corrected chi connectivity index (χ0v) is 14.7. The summed E-state index contributed by atoms with van der Waals surface area (Å²) in [5.74, 6) is -1.51. The first-order valence-electron chi connectivity index (χ1n) is 8.16. The van der Waals surface area contributed by atoms with Crippen molar-refractivity contribution in [3.05, 3.63) is 29.8 Å². The number of carbonyl (C=O) groups excluding carboxylic acids is 2. The van der Waals surface area contributed by atoms with Gasteiger partial charge in [-0.25, -0.2) is 9.59 Å². The predicted molar refractivity (Wildman–Crippen MR) is 89.5 cm³/mol. The van der Waals surface area contributed by atoms with Crippen LogP contribution >= 0.6 is 0 Å². The van der Waals surface area contributed by atoms with Crippen LogP contribution in [0.15, 0.2) is 24.3 Å². The molecule has 1 aliphatic rings. The quantitative estimate of drug-likeness (QED) is 0.818. The average Bonchev–Trinajstić information content (AvgIpc) is 3.00. The van der Waals surface area contributed by atoms with Crippen molar-refractivity contribution in [2.75, 3.05) is 13.2 Å². The summed E-state index contributed by atoms with van der Waals surface area (Å²) in [7, 11) is 0. The monoisotopic (exact) mass is 349 g/mol. The van der Waals surface area contributed by atoms with Gasteiger partial charge in [0.1, 0.15) is 17.4 Å². The van der Waals surface area contributed by atoms with E-state index in [1.807, 2.05) is 0 Å². The Balaban J connectivity index is 2.12. The zero-order chi connectivity index (χ0) is 18.6. The minimum Gasteiger partial charge on any atom is -0.482 e. The molecule has 25 heavy (non-hydrogen) atoms. The van der Waals surface area contributed by atoms with E-state index in [-0.39, 0.29) is 5.91 Å². The van der Waals surface area contributed by atoms with E-state index in [0.717, 1.165) is 6.42 Å². The average molecular weight is 349 g/mol. The Kier molecular flexibility index (Phi) is 5.66. The molecule has 1 heterocycles. The molecule has 2 rings (SSSR count). The van der Waals surface area contributed by atoms with Gasteiger partial charge >= 0.3 is 11.9 Å². The summed E-state index contributed by atoms with van der Waals surface area (Å²) in [4.78, 5) is 37.2. The van der Waals surface area contributed by atoms with Crippen LogP contribution in [0.25, 0.3) is 0 Å². The number of ether oxygens (including phenoxy) is 2. The molecule has 0 saturated carbocycles. The Bertz CT molecular complexity index is 664. The minimum atomic E-state index is -1.10. The molecule has 1 atom stereocenters. The lowest BCUT2D eigenvalue weighted by Gasteiger charge is -2.27. The topological polar surface area (TPSA) is 93.1 Å². The van der Waals surface area contributed by atoms with Crippen molar-refractivity contribution >= 4 is 17.8 Å². The van der Waals surface area contributed by atoms with Gasteiger partial charge in [0.05, 0.1) is 0 Å². The van der Waals surface area contributed by atoms with Crippen molar-refractivity contribution in [2.45, 2.75) is 45.3 Å². The number of carboxylic acids is 1. The second-order valence-electron chi connectivity index (χ2n) is 6.90. The molecular formula is C18H23NO6. The van der Waals surface area contributed by atoms with Gasteiger partial charge in [0.25, 0.3) is 5.91 Å². The smallest absolute Gasteiger partial charge is 0.341 e. The van der Waals surface area contributed by atoms with Gasteiger partial charge in [-0.2, -0.15) is 0 Å². The van der Waals surface area contributed by atoms with E-state index in [4.69, 9.17) is 14.6 Å². The summed E-state index contributed by atoms with van der Waals surface area (Å²) in [5.41, 5.74) is -0.266. The molecule has 0 bridgehead atoms. The standard InChI is InChI=1S/C18H23NO6/c1-18(2,3)25-17(23)14-8-5-9-19(14)16(22)12-6-4-7-13(10-12)24-11-15(20)21/h4,6-7,10,14H,5,8-9,11H2,1-3H3,(H,20,21)/t14-/m0/s1. The van der Waals surface area contributed by atoms with E-state index in [1.165, 1.54) is 11.0 Å². The highest BCUT2D eigenvalue weighted by molar-refractivity contribution is 5.97. The number of rotatable bonds is 5. The molecule has 1 aromatic carbocycles. The molecule has 1 amide bonds. The van der Waals surface area contributed by atoms with E-state index in [1.54, 1.807) is 39.0 Å². The minimum absolute atomic E-state index is 0.293. The third-order valence-electron chi connectivity index (χ3n) is 3.64. The van der Waals surface area contributed by atoms with Crippen molar-refractivity contribution in [3.63, 3.8) is 0 Å². The van der Waals surface area contributed by atoms with Crippen LogP contribution in [0, 0.1) is 0 Å². The molecule has 1 aromatic rings. The number of esters is 1. The normalized spacial score (nSPS) is 17.2. The lowest BCUT2D eigenvalue weighted by atomic mass is 10.1. The fourth-order valence-electron chi connectivity index (χ4n) is 2.65. The maximum Gasteiger partial charge on any atom is 0.341 e. The molecule has 0 aliphatic carbocycles. The number of nitrogens with zero attached hydrogens (tertiary/aromatic N) is 1. The number of hydrogen-bond donors (Lipinski definition) is 1. The Morgan fingerprint density at radius 1 is 1.28 bits per heavy atom. The molecule has 1 saturated heterocycles. The van der Waals surface area contributed by atoms with Crippen LogP contribution in [-0.2, 0) is 14.3 Å². The Labute approximate surface area is 146 Å². The third-order valence-corrected chi connectivity index (χ3v) is 3.64. The molecule has 0 unspecified atom stereocenters. The Hall–Kier alpha value is -2.57. The Morgan fingerprint density at radius 2 is 2.00 bits per heavy atom. The van der Waals surface area contributed by atoms with Crippen LogP contribution in [0.4, 0.5) is 0 Å². The molecule has 0 radical (unpaired) electrons. The van der Waals surface area contributed by atoms with Crippen LogP contribution in [0.1, 0.15) is 44.0 Å². The van der Waals surface area contributed by atoms with Gasteiger partial charge in [-0.15, -0.1) is 0 Å². The first kappa shape index (κ1) is 18.8. The summed E-state index contributed by atoms with van der Waals surface area (Å²) < 4.78 is 10.5.